The molecule has 2 aromatic heterocycles. The first-order valence-electron chi connectivity index (χ1n) is 5.34. The van der Waals surface area contributed by atoms with Crippen LogP contribution in [0.5, 0.6) is 0 Å². The Bertz CT molecular complexity index is 537. The molecule has 0 N–H and O–H groups in total. The summed E-state index contributed by atoms with van der Waals surface area (Å²) < 4.78 is 0. The van der Waals surface area contributed by atoms with E-state index in [0.29, 0.717) is 0 Å². The average Bonchev–Trinajstić information content (AvgIpc) is 2.86. The molecule has 0 atom stereocenters. The predicted molar refractivity (Wildman–Crippen MR) is 64.9 cm³/mol. The van der Waals surface area contributed by atoms with Crippen molar-refractivity contribution < 1.29 is 4.84 Å². The van der Waals surface area contributed by atoms with Gasteiger partial charge in [-0.05, 0) is 24.8 Å². The third-order valence-electron chi connectivity index (χ3n) is 3.05. The first-order chi connectivity index (χ1) is 7.81. The van der Waals surface area contributed by atoms with Gasteiger partial charge in [0.25, 0.3) is 0 Å². The lowest BCUT2D eigenvalue weighted by atomic mass is 10.2. The fourth-order valence-electron chi connectivity index (χ4n) is 2.24. The Kier molecular flexibility index (Phi) is 2.29. The quantitative estimate of drug-likeness (QED) is 0.748. The molecule has 0 saturated carbocycles. The number of anilines is 1. The number of hydroxylamine groups is 1. The predicted octanol–water partition coefficient (Wildman–Crippen LogP) is 2.18. The standard InChI is InChI=1S/C11H13N3OS/c1-14(15-2)10-9-7-4-3-5-8(7)16-11(9)13-6-12-10/h6H,3-5H2,1-2H3. The molecule has 1 aliphatic carbocycles. The van der Waals surface area contributed by atoms with Gasteiger partial charge in [0, 0.05) is 11.9 Å². The van der Waals surface area contributed by atoms with Crippen LogP contribution in [0.2, 0.25) is 0 Å². The highest BCUT2D eigenvalue weighted by Gasteiger charge is 2.22. The van der Waals surface area contributed by atoms with Crippen molar-refractivity contribution >= 4 is 27.4 Å². The van der Waals surface area contributed by atoms with Gasteiger partial charge in [-0.2, -0.15) is 0 Å². The third-order valence-corrected chi connectivity index (χ3v) is 4.25. The molecule has 0 bridgehead atoms. The maximum Gasteiger partial charge on any atom is 0.164 e. The molecule has 0 radical (unpaired) electrons. The van der Waals surface area contributed by atoms with E-state index in [1.807, 2.05) is 7.05 Å². The highest BCUT2D eigenvalue weighted by atomic mass is 32.1. The molecule has 0 aromatic carbocycles. The summed E-state index contributed by atoms with van der Waals surface area (Å²) in [5.41, 5.74) is 1.43. The Morgan fingerprint density at radius 3 is 3.06 bits per heavy atom. The Morgan fingerprint density at radius 1 is 1.38 bits per heavy atom. The van der Waals surface area contributed by atoms with E-state index in [9.17, 15) is 0 Å². The minimum Gasteiger partial charge on any atom is -0.276 e. The van der Waals surface area contributed by atoms with Crippen LogP contribution in [0.25, 0.3) is 10.2 Å². The SMILES string of the molecule is CON(C)c1ncnc2sc3c(c12)CCC3. The topological polar surface area (TPSA) is 38.2 Å². The zero-order valence-corrected chi connectivity index (χ0v) is 10.2. The highest BCUT2D eigenvalue weighted by Crippen LogP contribution is 2.39. The van der Waals surface area contributed by atoms with Gasteiger partial charge in [-0.15, -0.1) is 11.3 Å². The van der Waals surface area contributed by atoms with Crippen LogP contribution in [0, 0.1) is 0 Å². The Balaban J connectivity index is 2.28. The Hall–Kier alpha value is -1.20. The maximum atomic E-state index is 5.22. The molecule has 4 nitrogen and oxygen atoms in total. The molecule has 5 heteroatoms. The van der Waals surface area contributed by atoms with Crippen LogP contribution in [-0.2, 0) is 17.7 Å². The van der Waals surface area contributed by atoms with Gasteiger partial charge in [0.1, 0.15) is 11.2 Å². The van der Waals surface area contributed by atoms with Crippen molar-refractivity contribution in [1.82, 2.24) is 9.97 Å². The molecule has 0 saturated heterocycles. The van der Waals surface area contributed by atoms with Gasteiger partial charge in [0.05, 0.1) is 12.5 Å². The van der Waals surface area contributed by atoms with E-state index in [0.717, 1.165) is 17.1 Å². The van der Waals surface area contributed by atoms with Crippen molar-refractivity contribution in [2.75, 3.05) is 19.2 Å². The first kappa shape index (κ1) is 9.99. The number of hydrogen-bond acceptors (Lipinski definition) is 5. The lowest BCUT2D eigenvalue weighted by Crippen LogP contribution is -2.16. The van der Waals surface area contributed by atoms with Crippen molar-refractivity contribution in [2.45, 2.75) is 19.3 Å². The molecular formula is C11H13N3OS. The summed E-state index contributed by atoms with van der Waals surface area (Å²) in [6, 6.07) is 0. The summed E-state index contributed by atoms with van der Waals surface area (Å²) in [5.74, 6) is 0.881. The van der Waals surface area contributed by atoms with Gasteiger partial charge >= 0.3 is 0 Å². The van der Waals surface area contributed by atoms with Crippen LogP contribution >= 0.6 is 11.3 Å². The molecular weight excluding hydrogens is 222 g/mol. The normalized spacial score (nSPS) is 14.4. The smallest absolute Gasteiger partial charge is 0.164 e. The second-order valence-corrected chi connectivity index (χ2v) is 5.00. The van der Waals surface area contributed by atoms with Gasteiger partial charge in [0.2, 0.25) is 0 Å². The van der Waals surface area contributed by atoms with Gasteiger partial charge < -0.3 is 0 Å². The van der Waals surface area contributed by atoms with Gasteiger partial charge in [-0.1, -0.05) is 0 Å². The number of hydrogen-bond donors (Lipinski definition) is 0. The van der Waals surface area contributed by atoms with Crippen molar-refractivity contribution in [1.29, 1.82) is 0 Å². The monoisotopic (exact) mass is 235 g/mol. The van der Waals surface area contributed by atoms with E-state index < -0.39 is 0 Å². The fraction of sp³-hybridized carbons (Fsp3) is 0.455. The summed E-state index contributed by atoms with van der Waals surface area (Å²) >= 11 is 1.80. The van der Waals surface area contributed by atoms with Crippen molar-refractivity contribution in [3.05, 3.63) is 16.8 Å². The van der Waals surface area contributed by atoms with Crippen LogP contribution in [0.3, 0.4) is 0 Å². The molecule has 84 valence electrons. The van der Waals surface area contributed by atoms with Crippen molar-refractivity contribution in [3.8, 4) is 0 Å². The summed E-state index contributed by atoms with van der Waals surface area (Å²) in [7, 11) is 3.53. The summed E-state index contributed by atoms with van der Waals surface area (Å²) in [6.07, 6.45) is 5.20. The summed E-state index contributed by atoms with van der Waals surface area (Å²) in [5, 5.41) is 2.89. The molecule has 0 aliphatic heterocycles. The third kappa shape index (κ3) is 1.32. The number of aromatic nitrogens is 2. The van der Waals surface area contributed by atoms with E-state index in [1.54, 1.807) is 29.8 Å². The van der Waals surface area contributed by atoms with Gasteiger partial charge in [-0.3, -0.25) is 4.84 Å². The minimum absolute atomic E-state index is 0.881. The van der Waals surface area contributed by atoms with Gasteiger partial charge in [-0.25, -0.2) is 15.0 Å². The van der Waals surface area contributed by atoms with E-state index in [4.69, 9.17) is 4.84 Å². The number of rotatable bonds is 2. The van der Waals surface area contributed by atoms with Crippen LogP contribution < -0.4 is 5.06 Å². The van der Waals surface area contributed by atoms with Crippen LogP contribution in [0.4, 0.5) is 5.82 Å². The number of thiophene rings is 1. The van der Waals surface area contributed by atoms with E-state index in [-0.39, 0.29) is 0 Å². The maximum absolute atomic E-state index is 5.22. The molecule has 2 aromatic rings. The lowest BCUT2D eigenvalue weighted by molar-refractivity contribution is 0.183. The molecule has 0 unspecified atom stereocenters. The molecule has 2 heterocycles. The number of aryl methyl sites for hydroxylation is 2. The highest BCUT2D eigenvalue weighted by molar-refractivity contribution is 7.19. The molecule has 0 fully saturated rings. The minimum atomic E-state index is 0.881. The summed E-state index contributed by atoms with van der Waals surface area (Å²) in [6.45, 7) is 0. The second-order valence-electron chi connectivity index (χ2n) is 3.91. The van der Waals surface area contributed by atoms with Crippen molar-refractivity contribution in [2.24, 2.45) is 0 Å². The molecule has 0 spiro atoms. The summed E-state index contributed by atoms with van der Waals surface area (Å²) in [4.78, 5) is 16.4. The molecule has 0 amide bonds. The number of nitrogens with zero attached hydrogens (tertiary/aromatic N) is 3. The van der Waals surface area contributed by atoms with E-state index in [1.165, 1.54) is 28.7 Å². The Labute approximate surface area is 97.8 Å². The average molecular weight is 235 g/mol. The number of fused-ring (bicyclic) bond motifs is 3. The van der Waals surface area contributed by atoms with Gasteiger partial charge in [0.15, 0.2) is 5.82 Å². The molecule has 3 rings (SSSR count). The zero-order chi connectivity index (χ0) is 11.1. The largest absolute Gasteiger partial charge is 0.276 e. The van der Waals surface area contributed by atoms with E-state index >= 15 is 0 Å². The van der Waals surface area contributed by atoms with Crippen molar-refractivity contribution in [3.63, 3.8) is 0 Å². The first-order valence-corrected chi connectivity index (χ1v) is 6.16. The van der Waals surface area contributed by atoms with Crippen LogP contribution in [0.15, 0.2) is 6.33 Å². The molecule has 1 aliphatic rings. The lowest BCUT2D eigenvalue weighted by Gasteiger charge is -2.15. The van der Waals surface area contributed by atoms with Crippen LogP contribution in [0.1, 0.15) is 16.9 Å². The molecule has 16 heavy (non-hydrogen) atoms. The fourth-order valence-corrected chi connectivity index (χ4v) is 3.46. The zero-order valence-electron chi connectivity index (χ0n) is 9.36. The second kappa shape index (κ2) is 3.68. The van der Waals surface area contributed by atoms with Crippen LogP contribution in [-0.4, -0.2) is 24.1 Å². The van der Waals surface area contributed by atoms with E-state index in [2.05, 4.69) is 9.97 Å². The Morgan fingerprint density at radius 2 is 2.25 bits per heavy atom.